The fourth-order valence-corrected chi connectivity index (χ4v) is 10.2. The number of nitrogens with one attached hydrogen (secondary N) is 1. The van der Waals surface area contributed by atoms with Crippen molar-refractivity contribution in [3.05, 3.63) is 59.2 Å². The van der Waals surface area contributed by atoms with E-state index in [2.05, 4.69) is 39.1 Å². The number of hydrogen-bond acceptors (Lipinski definition) is 4. The van der Waals surface area contributed by atoms with E-state index in [0.29, 0.717) is 6.42 Å². The highest BCUT2D eigenvalue weighted by Gasteiger charge is 2.64. The van der Waals surface area contributed by atoms with Crippen LogP contribution in [0, 0.1) is 57.2 Å². The molecule has 8 unspecified atom stereocenters. The number of fused-ring (bicyclic) bond motifs is 7. The van der Waals surface area contributed by atoms with Crippen molar-refractivity contribution in [1.29, 1.82) is 5.26 Å². The second kappa shape index (κ2) is 9.51. The van der Waals surface area contributed by atoms with Crippen molar-refractivity contribution in [1.82, 2.24) is 5.32 Å². The molecule has 216 valence electrons. The lowest BCUT2D eigenvalue weighted by Gasteiger charge is -2.64. The summed E-state index contributed by atoms with van der Waals surface area (Å²) in [5, 5.41) is 13.3. The molecule has 1 amide bonds. The summed E-state index contributed by atoms with van der Waals surface area (Å²) in [6.07, 6.45) is 10.7. The zero-order chi connectivity index (χ0) is 29.4. The highest BCUT2D eigenvalue weighted by atomic mass is 16.2. The Balaban J connectivity index is 1.38. The Kier molecular flexibility index (Phi) is 6.53. The maximum Gasteiger partial charge on any atom is 0.224 e. The Morgan fingerprint density at radius 1 is 0.976 bits per heavy atom. The normalized spacial score (nSPS) is 40.9. The van der Waals surface area contributed by atoms with Gasteiger partial charge in [0.05, 0.1) is 12.0 Å². The number of rotatable bonds is 3. The van der Waals surface area contributed by atoms with Gasteiger partial charge in [0.2, 0.25) is 5.91 Å². The van der Waals surface area contributed by atoms with Gasteiger partial charge >= 0.3 is 0 Å². The third-order valence-corrected chi connectivity index (χ3v) is 12.3. The highest BCUT2D eigenvalue weighted by molar-refractivity contribution is 6.02. The number of hydrogen-bond donors (Lipinski definition) is 1. The molecule has 41 heavy (non-hydrogen) atoms. The van der Waals surface area contributed by atoms with E-state index in [1.807, 2.05) is 49.4 Å². The van der Waals surface area contributed by atoms with Crippen LogP contribution in [0.15, 0.2) is 53.6 Å². The van der Waals surface area contributed by atoms with Gasteiger partial charge in [0.1, 0.15) is 6.07 Å². The minimum Gasteiger partial charge on any atom is -0.350 e. The van der Waals surface area contributed by atoms with Gasteiger partial charge in [-0.05, 0) is 85.2 Å². The molecule has 6 rings (SSSR count). The summed E-state index contributed by atoms with van der Waals surface area (Å²) in [7, 11) is 0. The average Bonchev–Trinajstić information content (AvgIpc) is 2.92. The maximum absolute atomic E-state index is 14.4. The van der Waals surface area contributed by atoms with Gasteiger partial charge in [-0.3, -0.25) is 14.4 Å². The zero-order valence-corrected chi connectivity index (χ0v) is 25.3. The molecule has 3 fully saturated rings. The minimum absolute atomic E-state index is 0.0492. The number of ketones is 2. The standard InChI is InChI=1S/C36H44N2O3/c1-22-25-11-13-34(4)26-12-14-36(38-30(40)17-23-9-7-6-8-10-23)16-15-33(2,3)20-27(36)31(26)28(39)18-29(34)35(25,5)19-24(21-37)32(22)41/h6-10,18-19,22,25-27,31H,11-17,20H2,1-5H3,(H,38,40). The number of benzene rings is 1. The molecule has 5 nitrogen and oxygen atoms in total. The summed E-state index contributed by atoms with van der Waals surface area (Å²) < 4.78 is 0. The number of nitriles is 1. The van der Waals surface area contributed by atoms with Crippen molar-refractivity contribution in [3.8, 4) is 6.07 Å². The van der Waals surface area contributed by atoms with Crippen molar-refractivity contribution in [3.63, 3.8) is 0 Å². The van der Waals surface area contributed by atoms with Gasteiger partial charge in [-0.15, -0.1) is 0 Å². The van der Waals surface area contributed by atoms with Crippen molar-refractivity contribution in [2.24, 2.45) is 45.8 Å². The Morgan fingerprint density at radius 3 is 2.39 bits per heavy atom. The van der Waals surface area contributed by atoms with E-state index in [1.165, 1.54) is 0 Å². The number of nitrogens with zero attached hydrogens (tertiary/aromatic N) is 1. The first-order chi connectivity index (χ1) is 19.3. The highest BCUT2D eigenvalue weighted by Crippen LogP contribution is 2.68. The van der Waals surface area contributed by atoms with Gasteiger partial charge in [-0.1, -0.05) is 76.6 Å². The molecule has 0 aromatic heterocycles. The average molecular weight is 553 g/mol. The third-order valence-electron chi connectivity index (χ3n) is 12.3. The van der Waals surface area contributed by atoms with Crippen molar-refractivity contribution >= 4 is 17.5 Å². The summed E-state index contributed by atoms with van der Waals surface area (Å²) in [6.45, 7) is 11.1. The first-order valence-corrected chi connectivity index (χ1v) is 15.6. The molecule has 0 heterocycles. The van der Waals surface area contributed by atoms with Gasteiger partial charge in [0.15, 0.2) is 11.6 Å². The first kappa shape index (κ1) is 28.1. The van der Waals surface area contributed by atoms with Crippen LogP contribution in [0.4, 0.5) is 0 Å². The second-order valence-corrected chi connectivity index (χ2v) is 15.1. The summed E-state index contributed by atoms with van der Waals surface area (Å²) in [5.74, 6) is 0.207. The minimum atomic E-state index is -0.476. The molecule has 1 aromatic carbocycles. The lowest BCUT2D eigenvalue weighted by atomic mass is 9.40. The van der Waals surface area contributed by atoms with E-state index in [-0.39, 0.29) is 69.0 Å². The van der Waals surface area contributed by atoms with E-state index in [1.54, 1.807) is 0 Å². The van der Waals surface area contributed by atoms with Crippen molar-refractivity contribution in [2.75, 3.05) is 0 Å². The topological polar surface area (TPSA) is 87.0 Å². The predicted octanol–water partition coefficient (Wildman–Crippen LogP) is 6.54. The zero-order valence-electron chi connectivity index (χ0n) is 25.3. The van der Waals surface area contributed by atoms with Crippen LogP contribution in [0.25, 0.3) is 0 Å². The lowest BCUT2D eigenvalue weighted by molar-refractivity contribution is -0.144. The quantitative estimate of drug-likeness (QED) is 0.461. The summed E-state index contributed by atoms with van der Waals surface area (Å²) >= 11 is 0. The second-order valence-electron chi connectivity index (χ2n) is 15.1. The number of carbonyl (C=O) groups is 3. The molecule has 0 radical (unpaired) electrons. The number of Topliss-reactive ketones (excluding diaryl/α,β-unsaturated/α-hetero) is 1. The molecule has 3 saturated carbocycles. The van der Waals surface area contributed by atoms with Crippen LogP contribution in [0.1, 0.15) is 85.1 Å². The van der Waals surface area contributed by atoms with Crippen LogP contribution in [0.3, 0.4) is 0 Å². The molecule has 1 aromatic rings. The number of amides is 1. The summed E-state index contributed by atoms with van der Waals surface area (Å²) in [5.41, 5.74) is 1.48. The van der Waals surface area contributed by atoms with Crippen LogP contribution in [-0.2, 0) is 20.8 Å². The molecule has 5 heteroatoms. The monoisotopic (exact) mass is 552 g/mol. The summed E-state index contributed by atoms with van der Waals surface area (Å²) in [6, 6.07) is 12.1. The van der Waals surface area contributed by atoms with E-state index in [0.717, 1.165) is 56.1 Å². The molecule has 5 aliphatic carbocycles. The first-order valence-electron chi connectivity index (χ1n) is 15.6. The van der Waals surface area contributed by atoms with Gasteiger partial charge in [-0.25, -0.2) is 0 Å². The Labute approximate surface area is 244 Å². The molecule has 5 aliphatic rings. The van der Waals surface area contributed by atoms with Gasteiger partial charge < -0.3 is 5.32 Å². The number of allylic oxidation sites excluding steroid dienone is 4. The van der Waals surface area contributed by atoms with Gasteiger partial charge in [-0.2, -0.15) is 5.26 Å². The van der Waals surface area contributed by atoms with Crippen molar-refractivity contribution < 1.29 is 14.4 Å². The fraction of sp³-hybridized carbons (Fsp3) is 0.611. The molecule has 8 atom stereocenters. The van der Waals surface area contributed by atoms with Crippen LogP contribution < -0.4 is 5.32 Å². The molecular formula is C36H44N2O3. The van der Waals surface area contributed by atoms with Crippen molar-refractivity contribution in [2.45, 2.75) is 91.5 Å². The molecule has 0 spiro atoms. The van der Waals surface area contributed by atoms with Crippen LogP contribution >= 0.6 is 0 Å². The molecule has 0 saturated heterocycles. The van der Waals surface area contributed by atoms with Crippen LogP contribution in [-0.4, -0.2) is 23.0 Å². The van der Waals surface area contributed by atoms with Crippen LogP contribution in [0.5, 0.6) is 0 Å². The van der Waals surface area contributed by atoms with E-state index in [4.69, 9.17) is 0 Å². The Bertz CT molecular complexity index is 1400. The molecular weight excluding hydrogens is 508 g/mol. The molecule has 0 aliphatic heterocycles. The molecule has 0 bridgehead atoms. The molecule has 1 N–H and O–H groups in total. The van der Waals surface area contributed by atoms with Gasteiger partial charge in [0, 0.05) is 22.8 Å². The lowest BCUT2D eigenvalue weighted by Crippen LogP contribution is -2.66. The predicted molar refractivity (Wildman–Crippen MR) is 158 cm³/mol. The van der Waals surface area contributed by atoms with Crippen LogP contribution in [0.2, 0.25) is 0 Å². The van der Waals surface area contributed by atoms with Gasteiger partial charge in [0.25, 0.3) is 0 Å². The smallest absolute Gasteiger partial charge is 0.224 e. The Morgan fingerprint density at radius 2 is 1.68 bits per heavy atom. The fourth-order valence-electron chi connectivity index (χ4n) is 10.2. The third kappa shape index (κ3) is 4.27. The largest absolute Gasteiger partial charge is 0.350 e. The van der Waals surface area contributed by atoms with E-state index >= 15 is 0 Å². The number of carbonyl (C=O) groups excluding carboxylic acids is 3. The maximum atomic E-state index is 14.4. The summed E-state index contributed by atoms with van der Waals surface area (Å²) in [4.78, 5) is 40.8. The van der Waals surface area contributed by atoms with E-state index < -0.39 is 5.41 Å². The SMILES string of the molecule is CC1C(=O)C(C#N)=CC2(C)C3=CC(=O)C4C5CC(C)(C)CCC5(NC(=O)Cc5ccccc5)CCC4C3(C)CCC12. The Hall–Kier alpha value is -3.00. The van der Waals surface area contributed by atoms with E-state index in [9.17, 15) is 19.6 Å².